The summed E-state index contributed by atoms with van der Waals surface area (Å²) in [6, 6.07) is 7.27. The van der Waals surface area contributed by atoms with E-state index in [0.717, 1.165) is 11.1 Å². The number of hydrogen-bond donors (Lipinski definition) is 3. The molecule has 0 spiro atoms. The molecule has 2 atom stereocenters. The second kappa shape index (κ2) is 4.64. The highest BCUT2D eigenvalue weighted by Crippen LogP contribution is 2.31. The SMILES string of the molecule is Cn1cc(N)c(C(=O)N[C@H]2c3ccccc3C[C@H]2O)n1. The second-order valence-electron chi connectivity index (χ2n) is 5.03. The van der Waals surface area contributed by atoms with Gasteiger partial charge < -0.3 is 16.2 Å². The van der Waals surface area contributed by atoms with Gasteiger partial charge in [-0.15, -0.1) is 0 Å². The number of benzene rings is 1. The van der Waals surface area contributed by atoms with E-state index in [1.807, 2.05) is 24.3 Å². The van der Waals surface area contributed by atoms with E-state index in [0.29, 0.717) is 12.1 Å². The summed E-state index contributed by atoms with van der Waals surface area (Å²) in [6.45, 7) is 0. The zero-order valence-corrected chi connectivity index (χ0v) is 11.1. The topological polar surface area (TPSA) is 93.2 Å². The van der Waals surface area contributed by atoms with Gasteiger partial charge in [0.05, 0.1) is 17.8 Å². The Labute approximate surface area is 116 Å². The predicted octanol–water partition coefficient (Wildman–Crippen LogP) is 0.390. The maximum atomic E-state index is 12.2. The first-order chi connectivity index (χ1) is 9.56. The summed E-state index contributed by atoms with van der Waals surface area (Å²) in [7, 11) is 1.70. The van der Waals surface area contributed by atoms with Gasteiger partial charge in [-0.1, -0.05) is 24.3 Å². The molecule has 1 heterocycles. The molecule has 20 heavy (non-hydrogen) atoms. The van der Waals surface area contributed by atoms with Gasteiger partial charge in [-0.25, -0.2) is 0 Å². The van der Waals surface area contributed by atoms with Crippen molar-refractivity contribution in [2.24, 2.45) is 7.05 Å². The Morgan fingerprint density at radius 1 is 1.50 bits per heavy atom. The van der Waals surface area contributed by atoms with E-state index < -0.39 is 12.1 Å². The molecule has 0 saturated carbocycles. The maximum Gasteiger partial charge on any atom is 0.274 e. The fraction of sp³-hybridized carbons (Fsp3) is 0.286. The van der Waals surface area contributed by atoms with Crippen molar-refractivity contribution < 1.29 is 9.90 Å². The van der Waals surface area contributed by atoms with E-state index in [1.165, 1.54) is 4.68 Å². The van der Waals surface area contributed by atoms with Crippen LogP contribution in [0.2, 0.25) is 0 Å². The summed E-state index contributed by atoms with van der Waals surface area (Å²) in [5.74, 6) is -0.371. The van der Waals surface area contributed by atoms with Gasteiger partial charge in [0.1, 0.15) is 0 Å². The molecule has 1 aromatic carbocycles. The lowest BCUT2D eigenvalue weighted by Crippen LogP contribution is -2.34. The number of aromatic nitrogens is 2. The number of rotatable bonds is 2. The highest BCUT2D eigenvalue weighted by molar-refractivity contribution is 5.97. The number of aryl methyl sites for hydroxylation is 1. The molecular weight excluding hydrogens is 256 g/mol. The van der Waals surface area contributed by atoms with E-state index in [4.69, 9.17) is 5.73 Å². The summed E-state index contributed by atoms with van der Waals surface area (Å²) in [4.78, 5) is 12.2. The zero-order valence-electron chi connectivity index (χ0n) is 11.1. The molecule has 0 unspecified atom stereocenters. The number of amides is 1. The van der Waals surface area contributed by atoms with E-state index in [2.05, 4.69) is 10.4 Å². The summed E-state index contributed by atoms with van der Waals surface area (Å²) in [6.07, 6.45) is 1.49. The Kier molecular flexibility index (Phi) is 2.94. The smallest absolute Gasteiger partial charge is 0.274 e. The van der Waals surface area contributed by atoms with Gasteiger partial charge >= 0.3 is 0 Å². The lowest BCUT2D eigenvalue weighted by atomic mass is 10.1. The summed E-state index contributed by atoms with van der Waals surface area (Å²) in [5.41, 5.74) is 8.25. The molecule has 4 N–H and O–H groups in total. The Morgan fingerprint density at radius 2 is 2.25 bits per heavy atom. The molecule has 1 aliphatic rings. The Bertz CT molecular complexity index is 665. The van der Waals surface area contributed by atoms with E-state index in [1.54, 1.807) is 13.2 Å². The van der Waals surface area contributed by atoms with Crippen LogP contribution in [0.4, 0.5) is 5.69 Å². The monoisotopic (exact) mass is 272 g/mol. The minimum atomic E-state index is -0.624. The first-order valence-electron chi connectivity index (χ1n) is 6.42. The number of aliphatic hydroxyl groups is 1. The Morgan fingerprint density at radius 3 is 2.95 bits per heavy atom. The van der Waals surface area contributed by atoms with Crippen LogP contribution in [0.5, 0.6) is 0 Å². The molecule has 0 aliphatic heterocycles. The van der Waals surface area contributed by atoms with Gasteiger partial charge in [-0.3, -0.25) is 9.48 Å². The van der Waals surface area contributed by atoms with Crippen LogP contribution >= 0.6 is 0 Å². The number of nitrogens with two attached hydrogens (primary N) is 1. The third-order valence-corrected chi connectivity index (χ3v) is 3.56. The quantitative estimate of drug-likeness (QED) is 0.737. The van der Waals surface area contributed by atoms with Crippen LogP contribution in [0, 0.1) is 0 Å². The highest BCUT2D eigenvalue weighted by atomic mass is 16.3. The Balaban J connectivity index is 1.85. The lowest BCUT2D eigenvalue weighted by molar-refractivity contribution is 0.0853. The average Bonchev–Trinajstić information content (AvgIpc) is 2.90. The van der Waals surface area contributed by atoms with Crippen molar-refractivity contribution in [3.63, 3.8) is 0 Å². The molecule has 1 aromatic heterocycles. The summed E-state index contributed by atoms with van der Waals surface area (Å²) < 4.78 is 1.49. The van der Waals surface area contributed by atoms with Crippen LogP contribution in [-0.4, -0.2) is 26.9 Å². The number of carbonyl (C=O) groups is 1. The van der Waals surface area contributed by atoms with Crippen molar-refractivity contribution in [3.8, 4) is 0 Å². The normalized spacial score (nSPS) is 20.7. The molecular formula is C14H16N4O2. The van der Waals surface area contributed by atoms with E-state index in [-0.39, 0.29) is 11.6 Å². The van der Waals surface area contributed by atoms with Crippen LogP contribution in [-0.2, 0) is 13.5 Å². The molecule has 3 rings (SSSR count). The van der Waals surface area contributed by atoms with Crippen LogP contribution in [0.25, 0.3) is 0 Å². The van der Waals surface area contributed by atoms with E-state index >= 15 is 0 Å². The minimum absolute atomic E-state index is 0.184. The molecule has 0 radical (unpaired) electrons. The number of nitrogens with one attached hydrogen (secondary N) is 1. The predicted molar refractivity (Wildman–Crippen MR) is 74.0 cm³/mol. The van der Waals surface area contributed by atoms with Crippen molar-refractivity contribution in [1.82, 2.24) is 15.1 Å². The fourth-order valence-electron chi connectivity index (χ4n) is 2.64. The maximum absolute atomic E-state index is 12.2. The summed E-state index contributed by atoms with van der Waals surface area (Å²) in [5, 5.41) is 17.0. The third kappa shape index (κ3) is 2.04. The van der Waals surface area contributed by atoms with E-state index in [9.17, 15) is 9.90 Å². The number of aliphatic hydroxyl groups excluding tert-OH is 1. The van der Waals surface area contributed by atoms with Gasteiger partial charge in [-0.05, 0) is 11.1 Å². The van der Waals surface area contributed by atoms with Crippen molar-refractivity contribution in [2.75, 3.05) is 5.73 Å². The molecule has 1 aliphatic carbocycles. The van der Waals surface area contributed by atoms with Crippen molar-refractivity contribution in [2.45, 2.75) is 18.6 Å². The molecule has 1 amide bonds. The van der Waals surface area contributed by atoms with Gasteiger partial charge in [0, 0.05) is 19.7 Å². The lowest BCUT2D eigenvalue weighted by Gasteiger charge is -2.17. The first-order valence-corrected chi connectivity index (χ1v) is 6.42. The van der Waals surface area contributed by atoms with Crippen LogP contribution in [0.15, 0.2) is 30.5 Å². The number of nitrogens with zero attached hydrogens (tertiary/aromatic N) is 2. The van der Waals surface area contributed by atoms with Crippen LogP contribution < -0.4 is 11.1 Å². The minimum Gasteiger partial charge on any atom is -0.396 e. The van der Waals surface area contributed by atoms with Crippen molar-refractivity contribution in [3.05, 3.63) is 47.3 Å². The number of hydrogen-bond acceptors (Lipinski definition) is 4. The standard InChI is InChI=1S/C14H16N4O2/c1-18-7-10(15)13(17-18)14(20)16-12-9-5-3-2-4-8(9)6-11(12)19/h2-5,7,11-12,19H,6,15H2,1H3,(H,16,20)/t11-,12+/m1/s1. The molecule has 0 bridgehead atoms. The molecule has 2 aromatic rings. The van der Waals surface area contributed by atoms with Crippen molar-refractivity contribution in [1.29, 1.82) is 0 Å². The highest BCUT2D eigenvalue weighted by Gasteiger charge is 2.32. The second-order valence-corrected chi connectivity index (χ2v) is 5.03. The van der Waals surface area contributed by atoms with Crippen molar-refractivity contribution >= 4 is 11.6 Å². The molecule has 0 fully saturated rings. The van der Waals surface area contributed by atoms with Gasteiger partial charge in [0.15, 0.2) is 5.69 Å². The zero-order chi connectivity index (χ0) is 14.3. The van der Waals surface area contributed by atoms with Gasteiger partial charge in [0.2, 0.25) is 0 Å². The first kappa shape index (κ1) is 12.7. The number of fused-ring (bicyclic) bond motifs is 1. The van der Waals surface area contributed by atoms with Gasteiger partial charge in [-0.2, -0.15) is 5.10 Å². The largest absolute Gasteiger partial charge is 0.396 e. The van der Waals surface area contributed by atoms with Crippen LogP contribution in [0.3, 0.4) is 0 Å². The molecule has 6 nitrogen and oxygen atoms in total. The molecule has 104 valence electrons. The Hall–Kier alpha value is -2.34. The number of nitrogen functional groups attached to an aromatic ring is 1. The van der Waals surface area contributed by atoms with Gasteiger partial charge in [0.25, 0.3) is 5.91 Å². The fourth-order valence-corrected chi connectivity index (χ4v) is 2.64. The average molecular weight is 272 g/mol. The molecule has 0 saturated heterocycles. The molecule has 6 heteroatoms. The third-order valence-electron chi connectivity index (χ3n) is 3.56. The van der Waals surface area contributed by atoms with Crippen LogP contribution in [0.1, 0.15) is 27.7 Å². The summed E-state index contributed by atoms with van der Waals surface area (Å²) >= 11 is 0. The number of anilines is 1. The number of carbonyl (C=O) groups excluding carboxylic acids is 1.